The van der Waals surface area contributed by atoms with Gasteiger partial charge < -0.3 is 20.1 Å². The molecule has 1 heterocycles. The minimum Gasteiger partial charge on any atom is -0.497 e. The Morgan fingerprint density at radius 3 is 2.75 bits per heavy atom. The van der Waals surface area contributed by atoms with Crippen LogP contribution in [0.15, 0.2) is 54.6 Å². The van der Waals surface area contributed by atoms with Gasteiger partial charge in [0, 0.05) is 17.9 Å². The van der Waals surface area contributed by atoms with Crippen molar-refractivity contribution in [1.29, 1.82) is 0 Å². The molecule has 0 aliphatic heterocycles. The summed E-state index contributed by atoms with van der Waals surface area (Å²) in [6.45, 7) is 0. The summed E-state index contributed by atoms with van der Waals surface area (Å²) in [4.78, 5) is 10.8. The maximum absolute atomic E-state index is 13.6. The van der Waals surface area contributed by atoms with E-state index in [2.05, 4.69) is 6.07 Å². The lowest BCUT2D eigenvalue weighted by molar-refractivity contribution is -0.139. The Bertz CT molecular complexity index is 1220. The van der Waals surface area contributed by atoms with Crippen LogP contribution in [0.3, 0.4) is 0 Å². The third-order valence-corrected chi connectivity index (χ3v) is 6.51. The first-order valence-electron chi connectivity index (χ1n) is 12.1. The number of ether oxygens (including phenoxy) is 1. The van der Waals surface area contributed by atoms with E-state index in [1.165, 1.54) is 12.1 Å². The fourth-order valence-corrected chi connectivity index (χ4v) is 4.80. The van der Waals surface area contributed by atoms with E-state index in [1.54, 1.807) is 36.1 Å². The molecule has 0 bridgehead atoms. The van der Waals surface area contributed by atoms with Crippen molar-refractivity contribution >= 4 is 12.0 Å². The molecular weight excluding hydrogens is 463 g/mol. The van der Waals surface area contributed by atoms with Gasteiger partial charge in [-0.2, -0.15) is 5.10 Å². The predicted octanol–water partition coefficient (Wildman–Crippen LogP) is 4.28. The lowest BCUT2D eigenvalue weighted by Gasteiger charge is -2.21. The number of aliphatic hydroxyl groups excluding tert-OH is 2. The largest absolute Gasteiger partial charge is 0.497 e. The first-order valence-corrected chi connectivity index (χ1v) is 12.1. The van der Waals surface area contributed by atoms with Gasteiger partial charge in [0.25, 0.3) is 0 Å². The number of aliphatic hydroxyl groups is 2. The summed E-state index contributed by atoms with van der Waals surface area (Å²) in [5.74, 6) is -0.462. The summed E-state index contributed by atoms with van der Waals surface area (Å²) in [5, 5.41) is 34.1. The highest BCUT2D eigenvalue weighted by molar-refractivity contribution is 5.67. The van der Waals surface area contributed by atoms with Gasteiger partial charge in [-0.25, -0.2) is 9.07 Å². The highest BCUT2D eigenvalue weighted by atomic mass is 19.1. The van der Waals surface area contributed by atoms with E-state index in [9.17, 15) is 19.4 Å². The third-order valence-electron chi connectivity index (χ3n) is 6.51. The van der Waals surface area contributed by atoms with Crippen LogP contribution in [0.25, 0.3) is 11.8 Å². The molecule has 0 radical (unpaired) electrons. The lowest BCUT2D eigenvalue weighted by Crippen LogP contribution is -2.19. The second-order valence-corrected chi connectivity index (χ2v) is 9.20. The fourth-order valence-electron chi connectivity index (χ4n) is 4.80. The van der Waals surface area contributed by atoms with Gasteiger partial charge in [-0.3, -0.25) is 4.79 Å². The van der Waals surface area contributed by atoms with E-state index in [4.69, 9.17) is 14.9 Å². The number of carboxylic acids is 1. The molecule has 7 nitrogen and oxygen atoms in total. The molecule has 1 aliphatic rings. The summed E-state index contributed by atoms with van der Waals surface area (Å²) < 4.78 is 20.8. The van der Waals surface area contributed by atoms with Crippen LogP contribution in [0.1, 0.15) is 54.1 Å². The molecule has 190 valence electrons. The Morgan fingerprint density at radius 2 is 2.03 bits per heavy atom. The van der Waals surface area contributed by atoms with Crippen LogP contribution >= 0.6 is 0 Å². The number of fused-ring (bicyclic) bond motifs is 1. The summed E-state index contributed by atoms with van der Waals surface area (Å²) in [5.41, 5.74) is 4.70. The van der Waals surface area contributed by atoms with E-state index in [-0.39, 0.29) is 18.2 Å². The Hall–Kier alpha value is -3.49. The zero-order chi connectivity index (χ0) is 25.7. The number of benzene rings is 2. The van der Waals surface area contributed by atoms with Crippen LogP contribution in [-0.2, 0) is 17.6 Å². The van der Waals surface area contributed by atoms with Gasteiger partial charge in [0.05, 0.1) is 42.8 Å². The maximum Gasteiger partial charge on any atom is 0.305 e. The molecule has 0 fully saturated rings. The van der Waals surface area contributed by atoms with E-state index < -0.39 is 24.6 Å². The molecule has 3 N–H and O–H groups in total. The SMILES string of the molecule is COc1cccc(CC2CCCc3c2nn(-c2ccc(F)cc2)c3/C=C/[C@@H](O)C[C@@H](O)CC(=O)O)c1. The summed E-state index contributed by atoms with van der Waals surface area (Å²) in [6, 6.07) is 14.1. The van der Waals surface area contributed by atoms with Crippen molar-refractivity contribution in [2.45, 2.75) is 56.7 Å². The smallest absolute Gasteiger partial charge is 0.305 e. The number of rotatable bonds is 10. The normalized spacial score (nSPS) is 17.1. The van der Waals surface area contributed by atoms with Crippen molar-refractivity contribution in [3.05, 3.63) is 82.9 Å². The van der Waals surface area contributed by atoms with Gasteiger partial charge >= 0.3 is 5.97 Å². The monoisotopic (exact) mass is 494 g/mol. The van der Waals surface area contributed by atoms with Gasteiger partial charge in [-0.05, 0) is 73.7 Å². The third kappa shape index (κ3) is 6.19. The van der Waals surface area contributed by atoms with Gasteiger partial charge in [0.1, 0.15) is 11.6 Å². The summed E-state index contributed by atoms with van der Waals surface area (Å²) in [7, 11) is 1.65. The molecule has 1 aliphatic carbocycles. The quantitative estimate of drug-likeness (QED) is 0.389. The number of nitrogens with zero attached hydrogens (tertiary/aromatic N) is 2. The average molecular weight is 495 g/mol. The van der Waals surface area contributed by atoms with E-state index in [0.29, 0.717) is 5.69 Å². The zero-order valence-electron chi connectivity index (χ0n) is 20.2. The minimum absolute atomic E-state index is 0.0891. The molecule has 36 heavy (non-hydrogen) atoms. The number of aromatic nitrogens is 2. The van der Waals surface area contributed by atoms with Crippen molar-refractivity contribution in [2.75, 3.05) is 7.11 Å². The van der Waals surface area contributed by atoms with Crippen LogP contribution in [0, 0.1) is 5.82 Å². The number of hydrogen-bond donors (Lipinski definition) is 3. The van der Waals surface area contributed by atoms with Gasteiger partial charge in [-0.15, -0.1) is 0 Å². The molecule has 1 unspecified atom stereocenters. The average Bonchev–Trinajstić information content (AvgIpc) is 3.22. The van der Waals surface area contributed by atoms with E-state index in [0.717, 1.165) is 53.9 Å². The second-order valence-electron chi connectivity index (χ2n) is 9.20. The van der Waals surface area contributed by atoms with Crippen molar-refractivity contribution in [2.24, 2.45) is 0 Å². The molecule has 3 atom stereocenters. The number of carbonyl (C=O) groups is 1. The summed E-state index contributed by atoms with van der Waals surface area (Å²) in [6.07, 6.45) is 4.21. The summed E-state index contributed by atoms with van der Waals surface area (Å²) >= 11 is 0. The molecule has 1 aromatic heterocycles. The highest BCUT2D eigenvalue weighted by Crippen LogP contribution is 2.37. The topological polar surface area (TPSA) is 105 Å². The van der Waals surface area contributed by atoms with E-state index >= 15 is 0 Å². The molecule has 2 aromatic carbocycles. The highest BCUT2D eigenvalue weighted by Gasteiger charge is 2.28. The van der Waals surface area contributed by atoms with E-state index in [1.807, 2.05) is 18.2 Å². The Kier molecular flexibility index (Phi) is 8.18. The number of halogens is 1. The first kappa shape index (κ1) is 25.6. The van der Waals surface area contributed by atoms with Crippen LogP contribution in [0.5, 0.6) is 5.75 Å². The minimum atomic E-state index is -1.15. The van der Waals surface area contributed by atoms with Crippen molar-refractivity contribution in [3.8, 4) is 11.4 Å². The van der Waals surface area contributed by atoms with Crippen molar-refractivity contribution < 1.29 is 29.2 Å². The molecule has 3 aromatic rings. The van der Waals surface area contributed by atoms with Crippen LogP contribution in [0.2, 0.25) is 0 Å². The molecule has 0 saturated heterocycles. The molecule has 0 saturated carbocycles. The van der Waals surface area contributed by atoms with Gasteiger partial charge in [-0.1, -0.05) is 18.2 Å². The Labute approximate surface area is 209 Å². The van der Waals surface area contributed by atoms with Crippen molar-refractivity contribution in [1.82, 2.24) is 9.78 Å². The van der Waals surface area contributed by atoms with Gasteiger partial charge in [0.2, 0.25) is 0 Å². The van der Waals surface area contributed by atoms with Crippen molar-refractivity contribution in [3.63, 3.8) is 0 Å². The lowest BCUT2D eigenvalue weighted by atomic mass is 9.83. The standard InChI is InChI=1S/C28H31FN2O5/c1-36-24-6-2-4-18(15-24)14-19-5-3-7-25-26(13-12-22(32)16-23(33)17-27(34)35)31(30-28(19)25)21-10-8-20(29)9-11-21/h2,4,6,8-13,15,19,22-23,32-33H,3,5,7,14,16-17H2,1H3,(H,34,35)/b13-12+/t19?,22-,23-/m1/s1. The van der Waals surface area contributed by atoms with Crippen LogP contribution in [0.4, 0.5) is 4.39 Å². The van der Waals surface area contributed by atoms with Gasteiger partial charge in [0.15, 0.2) is 0 Å². The first-order chi connectivity index (χ1) is 17.3. The second kappa shape index (κ2) is 11.5. The molecule has 8 heteroatoms. The molecule has 0 spiro atoms. The zero-order valence-corrected chi connectivity index (χ0v) is 20.2. The Balaban J connectivity index is 1.67. The number of carboxylic acid groups (broad SMARTS) is 1. The fraction of sp³-hybridized carbons (Fsp3) is 0.357. The number of hydrogen-bond acceptors (Lipinski definition) is 5. The Morgan fingerprint density at radius 1 is 1.25 bits per heavy atom. The van der Waals surface area contributed by atoms with Crippen LogP contribution < -0.4 is 4.74 Å². The number of methoxy groups -OCH3 is 1. The molecular formula is C28H31FN2O5. The molecule has 0 amide bonds. The van der Waals surface area contributed by atoms with Crippen LogP contribution in [-0.4, -0.2) is 50.4 Å². The molecule has 4 rings (SSSR count). The number of aliphatic carboxylic acids is 1. The predicted molar refractivity (Wildman–Crippen MR) is 134 cm³/mol. The maximum atomic E-state index is 13.6.